The lowest BCUT2D eigenvalue weighted by molar-refractivity contribution is 0.124. The second-order valence-corrected chi connectivity index (χ2v) is 4.99. The highest BCUT2D eigenvalue weighted by molar-refractivity contribution is 7.80. The zero-order chi connectivity index (χ0) is 13.9. The number of benzene rings is 2. The lowest BCUT2D eigenvalue weighted by Gasteiger charge is -2.15. The summed E-state index contributed by atoms with van der Waals surface area (Å²) in [6, 6.07) is 13.0. The molecule has 0 saturated carbocycles. The van der Waals surface area contributed by atoms with Gasteiger partial charge in [-0.15, -0.1) is 0 Å². The van der Waals surface area contributed by atoms with Gasteiger partial charge < -0.3 is 10.4 Å². The van der Waals surface area contributed by atoms with Crippen LogP contribution in [0.2, 0.25) is 0 Å². The minimum Gasteiger partial charge on any atom is -0.371 e. The van der Waals surface area contributed by atoms with Crippen LogP contribution in [0.3, 0.4) is 0 Å². The molecule has 3 N–H and O–H groups in total. The molecule has 1 atom stereocenters. The maximum absolute atomic E-state index is 10.4. The topological polar surface area (TPSA) is 95.9 Å². The quantitative estimate of drug-likeness (QED) is 0.567. The molecule has 1 unspecified atom stereocenters. The van der Waals surface area contributed by atoms with Crippen molar-refractivity contribution in [3.63, 3.8) is 0 Å². The summed E-state index contributed by atoms with van der Waals surface area (Å²) in [5.41, 5.74) is 0.643. The number of hydrogen-bond acceptors (Lipinski definition) is 5. The Morgan fingerprint density at radius 2 is 1.84 bits per heavy atom. The van der Waals surface area contributed by atoms with E-state index in [-0.39, 0.29) is 0 Å². The molecule has 102 valence electrons. The van der Waals surface area contributed by atoms with Crippen molar-refractivity contribution in [2.24, 2.45) is 0 Å². The second kappa shape index (κ2) is 5.54. The lowest BCUT2D eigenvalue weighted by Crippen LogP contribution is -2.26. The number of hydrogen-bond donors (Lipinski definition) is 3. The number of aliphatic hydroxyl groups is 1. The van der Waals surface area contributed by atoms with Crippen LogP contribution < -0.4 is 5.32 Å². The van der Waals surface area contributed by atoms with Gasteiger partial charge in [-0.05, 0) is 11.5 Å². The van der Waals surface area contributed by atoms with Gasteiger partial charge in [0.25, 0.3) is 0 Å². The van der Waals surface area contributed by atoms with Crippen molar-refractivity contribution < 1.29 is 22.3 Å². The monoisotopic (exact) mass is 283 g/mol. The fourth-order valence-corrected chi connectivity index (χ4v) is 2.02. The zero-order valence-corrected chi connectivity index (χ0v) is 10.7. The maximum Gasteiger partial charge on any atom is 0.397 e. The van der Waals surface area contributed by atoms with Crippen molar-refractivity contribution in [2.45, 2.75) is 6.23 Å². The Kier molecular flexibility index (Phi) is 4.01. The highest BCUT2D eigenvalue weighted by Gasteiger charge is 2.11. The first kappa shape index (κ1) is 13.8. The molecule has 2 aromatic rings. The molecule has 7 heteroatoms. The molecular weight excluding hydrogens is 270 g/mol. The minimum atomic E-state index is -4.55. The van der Waals surface area contributed by atoms with E-state index in [4.69, 9.17) is 4.55 Å². The predicted molar refractivity (Wildman–Crippen MR) is 71.1 cm³/mol. The Bertz CT molecular complexity index is 665. The van der Waals surface area contributed by atoms with E-state index in [9.17, 15) is 13.5 Å². The standard InChI is InChI=1S/C12H13NO5S/c14-12(8-18-19(15,16)17)13-11-7-3-5-9-4-1-2-6-10(9)11/h1-7,12-14H,8H2,(H,15,16,17). The van der Waals surface area contributed by atoms with Crippen LogP contribution in [0.5, 0.6) is 0 Å². The van der Waals surface area contributed by atoms with Crippen molar-refractivity contribution in [2.75, 3.05) is 11.9 Å². The number of nitrogens with one attached hydrogen (secondary N) is 1. The fraction of sp³-hybridized carbons (Fsp3) is 0.167. The van der Waals surface area contributed by atoms with Crippen molar-refractivity contribution in [3.8, 4) is 0 Å². The van der Waals surface area contributed by atoms with Crippen LogP contribution in [0.15, 0.2) is 42.5 Å². The van der Waals surface area contributed by atoms with E-state index in [2.05, 4.69) is 9.50 Å². The Morgan fingerprint density at radius 1 is 1.16 bits per heavy atom. The van der Waals surface area contributed by atoms with Crippen LogP contribution in [0, 0.1) is 0 Å². The molecule has 0 heterocycles. The molecule has 0 aliphatic carbocycles. The molecule has 2 aromatic carbocycles. The summed E-state index contributed by atoms with van der Waals surface area (Å²) in [7, 11) is -4.55. The van der Waals surface area contributed by atoms with Crippen LogP contribution in [0.4, 0.5) is 5.69 Å². The van der Waals surface area contributed by atoms with Crippen LogP contribution in [0.25, 0.3) is 10.8 Å². The lowest BCUT2D eigenvalue weighted by atomic mass is 10.1. The summed E-state index contributed by atoms with van der Waals surface area (Å²) in [5.74, 6) is 0. The van der Waals surface area contributed by atoms with Gasteiger partial charge in [-0.2, -0.15) is 8.42 Å². The van der Waals surface area contributed by atoms with E-state index >= 15 is 0 Å². The SMILES string of the molecule is O=S(=O)(O)OCC(O)Nc1cccc2ccccc12. The second-order valence-electron chi connectivity index (χ2n) is 3.90. The summed E-state index contributed by atoms with van der Waals surface area (Å²) in [4.78, 5) is 0. The van der Waals surface area contributed by atoms with Crippen LogP contribution >= 0.6 is 0 Å². The van der Waals surface area contributed by atoms with E-state index in [1.807, 2.05) is 30.3 Å². The first-order chi connectivity index (χ1) is 8.96. The molecule has 6 nitrogen and oxygen atoms in total. The maximum atomic E-state index is 10.4. The highest BCUT2D eigenvalue weighted by Crippen LogP contribution is 2.23. The average Bonchev–Trinajstić information content (AvgIpc) is 2.36. The number of rotatable bonds is 5. The van der Waals surface area contributed by atoms with Crippen LogP contribution in [0.1, 0.15) is 0 Å². The molecule has 0 spiro atoms. The van der Waals surface area contributed by atoms with Crippen LogP contribution in [-0.4, -0.2) is 30.9 Å². The number of anilines is 1. The molecule has 0 aliphatic heterocycles. The molecule has 0 aromatic heterocycles. The number of aliphatic hydroxyl groups excluding tert-OH is 1. The number of fused-ring (bicyclic) bond motifs is 1. The normalized spacial score (nSPS) is 13.4. The van der Waals surface area contributed by atoms with Crippen LogP contribution in [-0.2, 0) is 14.6 Å². The third kappa shape index (κ3) is 3.90. The summed E-state index contributed by atoms with van der Waals surface area (Å²) < 4.78 is 33.3. The molecule has 0 saturated heterocycles. The largest absolute Gasteiger partial charge is 0.397 e. The predicted octanol–water partition coefficient (Wildman–Crippen LogP) is 1.39. The Hall–Kier alpha value is -1.67. The summed E-state index contributed by atoms with van der Waals surface area (Å²) in [5, 5.41) is 14.2. The van der Waals surface area contributed by atoms with Gasteiger partial charge in [0.1, 0.15) is 12.8 Å². The Labute approximate surface area is 110 Å². The summed E-state index contributed by atoms with van der Waals surface area (Å²) in [6.45, 7) is -0.581. The van der Waals surface area contributed by atoms with E-state index in [1.165, 1.54) is 0 Å². The fourth-order valence-electron chi connectivity index (χ4n) is 1.72. The third-order valence-electron chi connectivity index (χ3n) is 2.49. The molecule has 0 radical (unpaired) electrons. The van der Waals surface area contributed by atoms with Gasteiger partial charge >= 0.3 is 10.4 Å². The van der Waals surface area contributed by atoms with E-state index in [0.717, 1.165) is 10.8 Å². The van der Waals surface area contributed by atoms with Gasteiger partial charge in [-0.25, -0.2) is 4.18 Å². The van der Waals surface area contributed by atoms with Gasteiger partial charge in [-0.3, -0.25) is 4.55 Å². The zero-order valence-electron chi connectivity index (χ0n) is 9.85. The van der Waals surface area contributed by atoms with Crippen molar-refractivity contribution in [1.29, 1.82) is 0 Å². The first-order valence-corrected chi connectivity index (χ1v) is 6.86. The van der Waals surface area contributed by atoms with Gasteiger partial charge in [0.05, 0.1) is 0 Å². The van der Waals surface area contributed by atoms with Crippen molar-refractivity contribution in [1.82, 2.24) is 0 Å². The molecule has 2 rings (SSSR count). The van der Waals surface area contributed by atoms with Crippen molar-refractivity contribution >= 4 is 26.9 Å². The molecule has 19 heavy (non-hydrogen) atoms. The van der Waals surface area contributed by atoms with Gasteiger partial charge in [-0.1, -0.05) is 36.4 Å². The van der Waals surface area contributed by atoms with E-state index in [0.29, 0.717) is 5.69 Å². The molecule has 0 bridgehead atoms. The summed E-state index contributed by atoms with van der Waals surface area (Å²) in [6.07, 6.45) is -1.26. The molecule has 0 fully saturated rings. The minimum absolute atomic E-state index is 0.581. The van der Waals surface area contributed by atoms with Gasteiger partial charge in [0.15, 0.2) is 0 Å². The first-order valence-electron chi connectivity index (χ1n) is 5.50. The van der Waals surface area contributed by atoms with Crippen molar-refractivity contribution in [3.05, 3.63) is 42.5 Å². The summed E-state index contributed by atoms with van der Waals surface area (Å²) >= 11 is 0. The molecule has 0 amide bonds. The third-order valence-corrected chi connectivity index (χ3v) is 2.92. The van der Waals surface area contributed by atoms with E-state index in [1.54, 1.807) is 12.1 Å². The van der Waals surface area contributed by atoms with Gasteiger partial charge in [0.2, 0.25) is 0 Å². The Balaban J connectivity index is 2.13. The van der Waals surface area contributed by atoms with E-state index < -0.39 is 23.2 Å². The van der Waals surface area contributed by atoms with Gasteiger partial charge in [0, 0.05) is 11.1 Å². The highest BCUT2D eigenvalue weighted by atomic mass is 32.3. The Morgan fingerprint density at radius 3 is 2.58 bits per heavy atom. The molecular formula is C12H13NO5S. The molecule has 0 aliphatic rings. The average molecular weight is 283 g/mol. The smallest absolute Gasteiger partial charge is 0.371 e.